The molecule has 1 unspecified atom stereocenters. The Kier molecular flexibility index (Phi) is 63.3. The molecule has 0 aromatic carbocycles. The number of unbranched alkanes of at least 4 members (excludes halogenated alkanes) is 31. The molecule has 452 valence electrons. The Morgan fingerprint density at radius 2 is 0.494 bits per heavy atom. The predicted octanol–water partition coefficient (Wildman–Crippen LogP) is 23.0. The van der Waals surface area contributed by atoms with Gasteiger partial charge in [-0.1, -0.05) is 278 Å². The summed E-state index contributed by atoms with van der Waals surface area (Å²) in [4.78, 5) is 38.4. The zero-order chi connectivity index (χ0) is 57.1. The molecule has 0 saturated heterocycles. The molecular weight excluding hydrogens is 973 g/mol. The van der Waals surface area contributed by atoms with E-state index in [0.29, 0.717) is 19.3 Å². The van der Waals surface area contributed by atoms with Gasteiger partial charge >= 0.3 is 17.9 Å². The van der Waals surface area contributed by atoms with Crippen molar-refractivity contribution in [2.75, 3.05) is 13.2 Å². The molecule has 0 radical (unpaired) electrons. The topological polar surface area (TPSA) is 78.9 Å². The summed E-state index contributed by atoms with van der Waals surface area (Å²) >= 11 is 0. The lowest BCUT2D eigenvalue weighted by Gasteiger charge is -2.18. The summed E-state index contributed by atoms with van der Waals surface area (Å²) in [6.45, 7) is 6.49. The third kappa shape index (κ3) is 64.8. The van der Waals surface area contributed by atoms with Gasteiger partial charge in [-0.25, -0.2) is 0 Å². The first-order valence-electron chi connectivity index (χ1n) is 33.4. The van der Waals surface area contributed by atoms with Crippen molar-refractivity contribution in [1.82, 2.24) is 0 Å². The lowest BCUT2D eigenvalue weighted by atomic mass is 10.0. The molecule has 0 bridgehead atoms. The van der Waals surface area contributed by atoms with E-state index in [1.165, 1.54) is 154 Å². The van der Waals surface area contributed by atoms with Crippen LogP contribution in [0.1, 0.15) is 316 Å². The summed E-state index contributed by atoms with van der Waals surface area (Å²) < 4.78 is 16.9. The van der Waals surface area contributed by atoms with Gasteiger partial charge in [0.05, 0.1) is 0 Å². The monoisotopic (exact) mass is 1100 g/mol. The Balaban J connectivity index is 4.36. The van der Waals surface area contributed by atoms with Crippen LogP contribution in [-0.4, -0.2) is 37.2 Å². The Bertz CT molecular complexity index is 1590. The molecule has 6 heteroatoms. The summed E-state index contributed by atoms with van der Waals surface area (Å²) in [6.07, 6.45) is 91.0. The number of esters is 3. The van der Waals surface area contributed by atoms with Crippen LogP contribution in [0.3, 0.4) is 0 Å². The maximum atomic E-state index is 12.9. The lowest BCUT2D eigenvalue weighted by molar-refractivity contribution is -0.167. The molecule has 79 heavy (non-hydrogen) atoms. The van der Waals surface area contributed by atoms with Crippen molar-refractivity contribution < 1.29 is 28.6 Å². The predicted molar refractivity (Wildman–Crippen MR) is 343 cm³/mol. The molecule has 0 N–H and O–H groups in total. The van der Waals surface area contributed by atoms with Crippen molar-refractivity contribution in [2.24, 2.45) is 0 Å². The molecule has 0 aliphatic rings. The maximum absolute atomic E-state index is 12.9. The molecule has 0 fully saturated rings. The van der Waals surface area contributed by atoms with Gasteiger partial charge in [-0.15, -0.1) is 0 Å². The largest absolute Gasteiger partial charge is 0.462 e. The van der Waals surface area contributed by atoms with Gasteiger partial charge in [0.15, 0.2) is 6.10 Å². The number of carbonyl (C=O) groups is 3. The third-order valence-corrected chi connectivity index (χ3v) is 14.2. The zero-order valence-electron chi connectivity index (χ0n) is 51.9. The number of hydrogen-bond donors (Lipinski definition) is 0. The molecule has 0 aromatic rings. The first-order valence-corrected chi connectivity index (χ1v) is 33.4. The standard InChI is InChI=1S/C73H124O6/c1-4-7-10-13-16-19-22-25-28-31-32-33-34-35-36-37-38-39-40-43-45-48-51-54-57-60-63-66-72(75)78-69-70(79-73(76)67-64-61-58-55-52-49-46-42-30-27-24-21-18-15-12-9-6-3)68-77-71(74)65-62-59-56-53-50-47-44-41-29-26-23-20-17-14-11-8-5-2/h9,12,17-18,20-22,25-27,29-32,34-35,46,49,70H,4-8,10-11,13-16,19,23-24,28,33,36-45,47-48,50-69H2,1-3H3/b12-9-,20-17-,21-18-,25-22-,29-26-,30-27-,32-31-,35-34-,49-46-. The Labute approximate surface area is 489 Å². The van der Waals surface area contributed by atoms with E-state index in [1.54, 1.807) is 0 Å². The first kappa shape index (κ1) is 75.1. The summed E-state index contributed by atoms with van der Waals surface area (Å²) in [5.74, 6) is -0.917. The molecule has 0 saturated carbocycles. The van der Waals surface area contributed by atoms with Gasteiger partial charge in [-0.3, -0.25) is 14.4 Å². The fourth-order valence-corrected chi connectivity index (χ4v) is 9.24. The van der Waals surface area contributed by atoms with E-state index in [0.717, 1.165) is 122 Å². The van der Waals surface area contributed by atoms with Gasteiger partial charge < -0.3 is 14.2 Å². The average molecular weight is 1100 g/mol. The fourth-order valence-electron chi connectivity index (χ4n) is 9.24. The number of rotatable bonds is 60. The second kappa shape index (κ2) is 66.6. The summed E-state index contributed by atoms with van der Waals surface area (Å²) in [5.41, 5.74) is 0. The molecule has 0 heterocycles. The van der Waals surface area contributed by atoms with Gasteiger partial charge in [0.1, 0.15) is 13.2 Å². The quantitative estimate of drug-likeness (QED) is 0.0261. The third-order valence-electron chi connectivity index (χ3n) is 14.2. The minimum atomic E-state index is -0.799. The Morgan fingerprint density at radius 3 is 0.797 bits per heavy atom. The van der Waals surface area contributed by atoms with Crippen LogP contribution in [0, 0.1) is 0 Å². The van der Waals surface area contributed by atoms with Crippen LogP contribution >= 0.6 is 0 Å². The van der Waals surface area contributed by atoms with Gasteiger partial charge in [-0.05, 0) is 128 Å². The van der Waals surface area contributed by atoms with Crippen LogP contribution in [0.5, 0.6) is 0 Å². The van der Waals surface area contributed by atoms with Crippen molar-refractivity contribution in [3.63, 3.8) is 0 Å². The molecular formula is C73H124O6. The van der Waals surface area contributed by atoms with E-state index in [2.05, 4.69) is 130 Å². The summed E-state index contributed by atoms with van der Waals surface area (Å²) in [7, 11) is 0. The van der Waals surface area contributed by atoms with E-state index < -0.39 is 6.10 Å². The number of carbonyl (C=O) groups excluding carboxylic acids is 3. The highest BCUT2D eigenvalue weighted by atomic mass is 16.6. The van der Waals surface area contributed by atoms with Crippen LogP contribution in [0.4, 0.5) is 0 Å². The zero-order valence-corrected chi connectivity index (χ0v) is 51.9. The first-order chi connectivity index (χ1) is 39.0. The van der Waals surface area contributed by atoms with Gasteiger partial charge in [0, 0.05) is 19.3 Å². The smallest absolute Gasteiger partial charge is 0.306 e. The van der Waals surface area contributed by atoms with Crippen LogP contribution in [-0.2, 0) is 28.6 Å². The number of allylic oxidation sites excluding steroid dienone is 18. The average Bonchev–Trinajstić information content (AvgIpc) is 3.45. The van der Waals surface area contributed by atoms with E-state index in [9.17, 15) is 14.4 Å². The van der Waals surface area contributed by atoms with E-state index in [-0.39, 0.29) is 31.1 Å². The van der Waals surface area contributed by atoms with Crippen molar-refractivity contribution in [2.45, 2.75) is 322 Å². The molecule has 0 aliphatic heterocycles. The Hall–Kier alpha value is -3.93. The van der Waals surface area contributed by atoms with Crippen LogP contribution < -0.4 is 0 Å². The van der Waals surface area contributed by atoms with E-state index >= 15 is 0 Å². The highest BCUT2D eigenvalue weighted by molar-refractivity contribution is 5.71. The SMILES string of the molecule is CC/C=C\C/C=C\C/C=C\C/C=C\CCCCCCC(=O)OC(COC(=O)CCCCCCCCC/C=C\C/C=C\CCCCC)COC(=O)CCCCCCCCCCCCCC/C=C\C/C=C\C/C=C\CCCCCCC. The number of ether oxygens (including phenoxy) is 3. The van der Waals surface area contributed by atoms with Gasteiger partial charge in [-0.2, -0.15) is 0 Å². The normalized spacial score (nSPS) is 12.8. The lowest BCUT2D eigenvalue weighted by Crippen LogP contribution is -2.30. The molecule has 0 spiro atoms. The molecule has 0 aliphatic carbocycles. The molecule has 0 rings (SSSR count). The van der Waals surface area contributed by atoms with Crippen molar-refractivity contribution in [3.05, 3.63) is 109 Å². The number of hydrogen-bond acceptors (Lipinski definition) is 6. The second-order valence-electron chi connectivity index (χ2n) is 22.0. The fraction of sp³-hybridized carbons (Fsp3) is 0.712. The maximum Gasteiger partial charge on any atom is 0.306 e. The summed E-state index contributed by atoms with van der Waals surface area (Å²) in [6, 6.07) is 0. The minimum absolute atomic E-state index is 0.0919. The van der Waals surface area contributed by atoms with E-state index in [4.69, 9.17) is 14.2 Å². The van der Waals surface area contributed by atoms with Crippen molar-refractivity contribution in [3.8, 4) is 0 Å². The highest BCUT2D eigenvalue weighted by Crippen LogP contribution is 2.16. The summed E-state index contributed by atoms with van der Waals surface area (Å²) in [5, 5.41) is 0. The second-order valence-corrected chi connectivity index (χ2v) is 22.0. The molecule has 0 aromatic heterocycles. The van der Waals surface area contributed by atoms with Crippen molar-refractivity contribution in [1.29, 1.82) is 0 Å². The Morgan fingerprint density at radius 1 is 0.266 bits per heavy atom. The van der Waals surface area contributed by atoms with Gasteiger partial charge in [0.2, 0.25) is 0 Å². The minimum Gasteiger partial charge on any atom is -0.462 e. The van der Waals surface area contributed by atoms with Crippen LogP contribution in [0.2, 0.25) is 0 Å². The van der Waals surface area contributed by atoms with Crippen LogP contribution in [0.25, 0.3) is 0 Å². The molecule has 1 atom stereocenters. The van der Waals surface area contributed by atoms with Crippen LogP contribution in [0.15, 0.2) is 109 Å². The molecule has 0 amide bonds. The van der Waals surface area contributed by atoms with Gasteiger partial charge in [0.25, 0.3) is 0 Å². The van der Waals surface area contributed by atoms with Crippen molar-refractivity contribution >= 4 is 17.9 Å². The van der Waals surface area contributed by atoms with E-state index in [1.807, 2.05) is 0 Å². The highest BCUT2D eigenvalue weighted by Gasteiger charge is 2.19. The molecule has 6 nitrogen and oxygen atoms in total.